The Balaban J connectivity index is 4.13. The minimum Gasteiger partial charge on any atom is -0.462 e. The molecule has 0 saturated heterocycles. The molecular formula is C43H69O8P. The highest BCUT2D eigenvalue weighted by Gasteiger charge is 2.22. The number of phosphoric ester groups is 1. The fourth-order valence-electron chi connectivity index (χ4n) is 4.71. The van der Waals surface area contributed by atoms with E-state index >= 15 is 0 Å². The number of esters is 2. The van der Waals surface area contributed by atoms with Crippen LogP contribution in [0.3, 0.4) is 0 Å². The summed E-state index contributed by atoms with van der Waals surface area (Å²) in [4.78, 5) is 42.7. The zero-order chi connectivity index (χ0) is 38.2. The van der Waals surface area contributed by atoms with Crippen LogP contribution in [0.1, 0.15) is 142 Å². The molecule has 0 rings (SSSR count). The third-order valence-corrected chi connectivity index (χ3v) is 8.07. The number of rotatable bonds is 34. The van der Waals surface area contributed by atoms with Gasteiger partial charge in [0.15, 0.2) is 6.10 Å². The molecule has 8 nitrogen and oxygen atoms in total. The number of hydrogen-bond acceptors (Lipinski definition) is 6. The molecular weight excluding hydrogens is 675 g/mol. The predicted molar refractivity (Wildman–Crippen MR) is 216 cm³/mol. The first-order valence-corrected chi connectivity index (χ1v) is 21.1. The molecule has 52 heavy (non-hydrogen) atoms. The van der Waals surface area contributed by atoms with Crippen LogP contribution in [0, 0.1) is 0 Å². The van der Waals surface area contributed by atoms with E-state index in [1.54, 1.807) is 0 Å². The molecule has 2 N–H and O–H groups in total. The van der Waals surface area contributed by atoms with Crippen LogP contribution in [0.15, 0.2) is 97.2 Å². The lowest BCUT2D eigenvalue weighted by atomic mass is 10.1. The third-order valence-electron chi connectivity index (χ3n) is 7.59. The Morgan fingerprint density at radius 2 is 0.942 bits per heavy atom. The van der Waals surface area contributed by atoms with Crippen molar-refractivity contribution in [2.45, 2.75) is 148 Å². The van der Waals surface area contributed by atoms with Gasteiger partial charge in [-0.3, -0.25) is 14.1 Å². The Morgan fingerprint density at radius 3 is 1.42 bits per heavy atom. The van der Waals surface area contributed by atoms with Crippen molar-refractivity contribution in [3.05, 3.63) is 97.2 Å². The monoisotopic (exact) mass is 744 g/mol. The summed E-state index contributed by atoms with van der Waals surface area (Å²) in [5.41, 5.74) is 0. The summed E-state index contributed by atoms with van der Waals surface area (Å²) >= 11 is 0. The lowest BCUT2D eigenvalue weighted by molar-refractivity contribution is -0.161. The molecule has 0 spiro atoms. The first-order chi connectivity index (χ1) is 25.3. The van der Waals surface area contributed by atoms with Gasteiger partial charge >= 0.3 is 19.8 Å². The van der Waals surface area contributed by atoms with Gasteiger partial charge in [-0.25, -0.2) is 4.57 Å². The molecule has 0 aromatic heterocycles. The standard InChI is InChI=1S/C43H69O8P/c1-3-5-7-9-11-13-15-17-19-21-23-25-27-29-31-33-35-37-42(44)49-39-41(40-50-52(46,47)48)51-43(45)38-36-34-32-30-28-26-24-22-20-18-16-14-12-10-8-6-4-2/h6,8,11-14,17-20,23-26,30,32,41H,3-5,7,9-10,15-16,21-22,27-29,31,33-40H2,1-2H3,(H2,46,47,48)/b8-6-,13-11-,14-12-,19-17-,20-18-,25-23-,26-24-,32-30-/t41-/m1/s1. The molecule has 0 radical (unpaired) electrons. The molecule has 0 unspecified atom stereocenters. The predicted octanol–water partition coefficient (Wildman–Crippen LogP) is 11.8. The van der Waals surface area contributed by atoms with E-state index in [1.807, 2.05) is 12.2 Å². The number of unbranched alkanes of at least 4 members (excludes halogenated alkanes) is 8. The van der Waals surface area contributed by atoms with Gasteiger partial charge < -0.3 is 19.3 Å². The van der Waals surface area contributed by atoms with Crippen molar-refractivity contribution in [1.82, 2.24) is 0 Å². The Hall–Kier alpha value is -3.03. The van der Waals surface area contributed by atoms with Crippen LogP contribution >= 0.6 is 7.82 Å². The third kappa shape index (κ3) is 39.8. The first kappa shape index (κ1) is 49.0. The van der Waals surface area contributed by atoms with Crippen LogP contribution in [-0.4, -0.2) is 41.0 Å². The molecule has 294 valence electrons. The molecule has 0 aliphatic carbocycles. The van der Waals surface area contributed by atoms with E-state index in [1.165, 1.54) is 25.7 Å². The van der Waals surface area contributed by atoms with E-state index in [-0.39, 0.29) is 19.4 Å². The summed E-state index contributed by atoms with van der Waals surface area (Å²) in [6.07, 6.45) is 51.3. The first-order valence-electron chi connectivity index (χ1n) is 19.5. The average Bonchev–Trinajstić information content (AvgIpc) is 3.11. The number of ether oxygens (including phenoxy) is 2. The van der Waals surface area contributed by atoms with Gasteiger partial charge in [-0.1, -0.05) is 137 Å². The average molecular weight is 745 g/mol. The van der Waals surface area contributed by atoms with Crippen molar-refractivity contribution in [1.29, 1.82) is 0 Å². The Bertz CT molecular complexity index is 1160. The summed E-state index contributed by atoms with van der Waals surface area (Å²) in [6.45, 7) is 3.45. The second kappa shape index (κ2) is 37.7. The number of allylic oxidation sites excluding steroid dienone is 16. The highest BCUT2D eigenvalue weighted by Crippen LogP contribution is 2.35. The molecule has 9 heteroatoms. The summed E-state index contributed by atoms with van der Waals surface area (Å²) in [5, 5.41) is 0. The molecule has 0 bridgehead atoms. The number of carbonyl (C=O) groups is 2. The van der Waals surface area contributed by atoms with Crippen molar-refractivity contribution < 1.29 is 37.9 Å². The van der Waals surface area contributed by atoms with Gasteiger partial charge in [0.25, 0.3) is 0 Å². The molecule has 0 aromatic rings. The molecule has 0 saturated carbocycles. The van der Waals surface area contributed by atoms with Crippen molar-refractivity contribution >= 4 is 19.8 Å². The van der Waals surface area contributed by atoms with Crippen molar-refractivity contribution in [2.75, 3.05) is 13.2 Å². The zero-order valence-corrected chi connectivity index (χ0v) is 33.1. The molecule has 0 aromatic carbocycles. The minimum atomic E-state index is -4.78. The highest BCUT2D eigenvalue weighted by atomic mass is 31.2. The Morgan fingerprint density at radius 1 is 0.519 bits per heavy atom. The van der Waals surface area contributed by atoms with Gasteiger partial charge in [-0.2, -0.15) is 0 Å². The van der Waals surface area contributed by atoms with Gasteiger partial charge in [-0.05, 0) is 89.9 Å². The lowest BCUT2D eigenvalue weighted by Crippen LogP contribution is -2.29. The fraction of sp³-hybridized carbons (Fsp3) is 0.581. The molecule has 0 fully saturated rings. The van der Waals surface area contributed by atoms with Crippen molar-refractivity contribution in [2.24, 2.45) is 0 Å². The fourth-order valence-corrected chi connectivity index (χ4v) is 5.07. The van der Waals surface area contributed by atoms with Gasteiger partial charge in [0.05, 0.1) is 6.61 Å². The molecule has 0 aliphatic rings. The van der Waals surface area contributed by atoms with Gasteiger partial charge in [0.2, 0.25) is 0 Å². The van der Waals surface area contributed by atoms with E-state index in [4.69, 9.17) is 19.3 Å². The molecule has 1 atom stereocenters. The van der Waals surface area contributed by atoms with E-state index < -0.39 is 32.5 Å². The van der Waals surface area contributed by atoms with Crippen LogP contribution < -0.4 is 0 Å². The lowest BCUT2D eigenvalue weighted by Gasteiger charge is -2.18. The van der Waals surface area contributed by atoms with Crippen LogP contribution in [0.4, 0.5) is 0 Å². The number of carbonyl (C=O) groups excluding carboxylic acids is 2. The zero-order valence-electron chi connectivity index (χ0n) is 32.2. The van der Waals surface area contributed by atoms with E-state index in [9.17, 15) is 14.2 Å². The largest absolute Gasteiger partial charge is 0.469 e. The van der Waals surface area contributed by atoms with Gasteiger partial charge in [-0.15, -0.1) is 0 Å². The van der Waals surface area contributed by atoms with Gasteiger partial charge in [0.1, 0.15) is 6.61 Å². The van der Waals surface area contributed by atoms with Crippen molar-refractivity contribution in [3.8, 4) is 0 Å². The van der Waals surface area contributed by atoms with Crippen molar-refractivity contribution in [3.63, 3.8) is 0 Å². The van der Waals surface area contributed by atoms with E-state index in [2.05, 4.69) is 103 Å². The SMILES string of the molecule is CC/C=C\C/C=C\C/C=C\C/C=C\C/C=C\CCCC(=O)O[C@H](COC(=O)CCCCCC/C=C\C/C=C\C/C=C\CCCCC)COP(=O)(O)O. The summed E-state index contributed by atoms with van der Waals surface area (Å²) < 4.78 is 26.3. The van der Waals surface area contributed by atoms with Crippen LogP contribution in [0.5, 0.6) is 0 Å². The Labute approximate surface area is 315 Å². The molecule has 0 heterocycles. The van der Waals surface area contributed by atoms with Crippen LogP contribution in [-0.2, 0) is 28.2 Å². The molecule has 0 aliphatic heterocycles. The quantitative estimate of drug-likeness (QED) is 0.0289. The number of phosphoric acid groups is 1. The summed E-state index contributed by atoms with van der Waals surface area (Å²) in [6, 6.07) is 0. The smallest absolute Gasteiger partial charge is 0.462 e. The van der Waals surface area contributed by atoms with Crippen LogP contribution in [0.2, 0.25) is 0 Å². The molecule has 0 amide bonds. The highest BCUT2D eigenvalue weighted by molar-refractivity contribution is 7.46. The summed E-state index contributed by atoms with van der Waals surface area (Å²) in [5.74, 6) is -0.990. The minimum absolute atomic E-state index is 0.122. The second-order valence-electron chi connectivity index (χ2n) is 12.5. The van der Waals surface area contributed by atoms with Gasteiger partial charge in [0, 0.05) is 12.8 Å². The Kier molecular flexibility index (Phi) is 35.5. The van der Waals surface area contributed by atoms with E-state index in [0.717, 1.165) is 70.6 Å². The maximum absolute atomic E-state index is 12.4. The number of hydrogen-bond donors (Lipinski definition) is 2. The maximum atomic E-state index is 12.4. The maximum Gasteiger partial charge on any atom is 0.469 e. The normalized spacial score (nSPS) is 13.5. The topological polar surface area (TPSA) is 119 Å². The summed E-state index contributed by atoms with van der Waals surface area (Å²) in [7, 11) is -4.78. The second-order valence-corrected chi connectivity index (χ2v) is 13.8. The van der Waals surface area contributed by atoms with Crippen LogP contribution in [0.25, 0.3) is 0 Å². The van der Waals surface area contributed by atoms with E-state index in [0.29, 0.717) is 19.3 Å².